The van der Waals surface area contributed by atoms with Gasteiger partial charge in [-0.25, -0.2) is 8.42 Å². The lowest BCUT2D eigenvalue weighted by Crippen LogP contribution is -2.25. The SMILES string of the molecule is C1CCC(OC2CCCCC2)CC1.CC.CC.CS(=O)(=O)[O-]. The summed E-state index contributed by atoms with van der Waals surface area (Å²) in [6, 6.07) is 0. The fourth-order valence-electron chi connectivity index (χ4n) is 2.67. The van der Waals surface area contributed by atoms with E-state index in [2.05, 4.69) is 0 Å². The van der Waals surface area contributed by atoms with E-state index in [-0.39, 0.29) is 0 Å². The maximum atomic E-state index is 9.08. The van der Waals surface area contributed by atoms with Gasteiger partial charge in [-0.15, -0.1) is 0 Å². The molecule has 0 aromatic carbocycles. The van der Waals surface area contributed by atoms with E-state index in [1.54, 1.807) is 0 Å². The fraction of sp³-hybridized carbons (Fsp3) is 1.00. The lowest BCUT2D eigenvalue weighted by atomic mass is 9.95. The smallest absolute Gasteiger partial charge is 0.0916 e. The largest absolute Gasteiger partial charge is 0.748 e. The molecule has 5 heteroatoms. The van der Waals surface area contributed by atoms with Crippen LogP contribution in [0.5, 0.6) is 0 Å². The van der Waals surface area contributed by atoms with Crippen molar-refractivity contribution in [3.8, 4) is 0 Å². The van der Waals surface area contributed by atoms with Crippen LogP contribution in [0.2, 0.25) is 0 Å². The summed E-state index contributed by atoms with van der Waals surface area (Å²) in [6.07, 6.45) is 15.6. The number of hydrogen-bond donors (Lipinski definition) is 0. The Labute approximate surface area is 138 Å². The highest BCUT2D eigenvalue weighted by Gasteiger charge is 2.20. The second-order valence-electron chi connectivity index (χ2n) is 5.36. The first-order valence-electron chi connectivity index (χ1n) is 9.01. The minimum absolute atomic E-state index is 0.604. The Hall–Kier alpha value is -0.130. The van der Waals surface area contributed by atoms with Crippen molar-refractivity contribution in [2.24, 2.45) is 0 Å². The third kappa shape index (κ3) is 17.9. The molecule has 2 aliphatic carbocycles. The van der Waals surface area contributed by atoms with Gasteiger partial charge in [0.15, 0.2) is 0 Å². The Morgan fingerprint density at radius 1 is 0.727 bits per heavy atom. The predicted octanol–water partition coefficient (Wildman–Crippen LogP) is 4.88. The van der Waals surface area contributed by atoms with E-state index in [1.165, 1.54) is 64.2 Å². The molecule has 0 saturated heterocycles. The third-order valence-electron chi connectivity index (χ3n) is 3.49. The highest BCUT2D eigenvalue weighted by molar-refractivity contribution is 7.84. The van der Waals surface area contributed by atoms with E-state index in [0.717, 1.165) is 0 Å². The number of ether oxygens (including phenoxy) is 1. The molecule has 0 atom stereocenters. The summed E-state index contributed by atoms with van der Waals surface area (Å²) in [5, 5.41) is 0. The van der Waals surface area contributed by atoms with Crippen LogP contribution in [0.15, 0.2) is 0 Å². The van der Waals surface area contributed by atoms with Crippen LogP contribution in [0.25, 0.3) is 0 Å². The summed E-state index contributed by atoms with van der Waals surface area (Å²) in [7, 11) is -3.92. The minimum atomic E-state index is -3.92. The molecule has 0 aliphatic heterocycles. The number of rotatable bonds is 2. The molecule has 0 bridgehead atoms. The lowest BCUT2D eigenvalue weighted by Gasteiger charge is -2.29. The second kappa shape index (κ2) is 15.8. The van der Waals surface area contributed by atoms with Crippen LogP contribution in [0, 0.1) is 0 Å². The van der Waals surface area contributed by atoms with Gasteiger partial charge >= 0.3 is 0 Å². The average Bonchev–Trinajstić information content (AvgIpc) is 2.52. The first-order chi connectivity index (χ1) is 10.4. The molecule has 2 rings (SSSR count). The van der Waals surface area contributed by atoms with Crippen molar-refractivity contribution in [2.45, 2.75) is 104 Å². The number of hydrogen-bond acceptors (Lipinski definition) is 4. The van der Waals surface area contributed by atoms with Crippen molar-refractivity contribution >= 4 is 10.1 Å². The molecule has 0 N–H and O–H groups in total. The predicted molar refractivity (Wildman–Crippen MR) is 93.1 cm³/mol. The van der Waals surface area contributed by atoms with Crippen molar-refractivity contribution in [2.75, 3.05) is 6.26 Å². The van der Waals surface area contributed by atoms with Crippen molar-refractivity contribution < 1.29 is 17.7 Å². The van der Waals surface area contributed by atoms with Gasteiger partial charge in [0.1, 0.15) is 0 Å². The Morgan fingerprint density at radius 2 is 0.955 bits per heavy atom. The van der Waals surface area contributed by atoms with Gasteiger partial charge in [-0.05, 0) is 25.7 Å². The molecule has 4 nitrogen and oxygen atoms in total. The molecule has 2 saturated carbocycles. The van der Waals surface area contributed by atoms with Crippen molar-refractivity contribution in [1.29, 1.82) is 0 Å². The van der Waals surface area contributed by atoms with Crippen molar-refractivity contribution in [1.82, 2.24) is 0 Å². The van der Waals surface area contributed by atoms with Crippen LogP contribution in [-0.2, 0) is 14.9 Å². The molecule has 2 aliphatic rings. The summed E-state index contributed by atoms with van der Waals surface area (Å²) in [4.78, 5) is 0. The maximum absolute atomic E-state index is 9.08. The van der Waals surface area contributed by atoms with Gasteiger partial charge < -0.3 is 9.29 Å². The van der Waals surface area contributed by atoms with Crippen LogP contribution in [0.1, 0.15) is 91.9 Å². The molecular formula is C17H37O4S-. The van der Waals surface area contributed by atoms with E-state index in [1.807, 2.05) is 27.7 Å². The molecule has 0 unspecified atom stereocenters. The van der Waals surface area contributed by atoms with Crippen LogP contribution in [0.3, 0.4) is 0 Å². The van der Waals surface area contributed by atoms with Crippen molar-refractivity contribution in [3.05, 3.63) is 0 Å². The highest BCUT2D eigenvalue weighted by atomic mass is 32.2. The highest BCUT2D eigenvalue weighted by Crippen LogP contribution is 2.26. The molecule has 0 aromatic heterocycles. The zero-order valence-electron chi connectivity index (χ0n) is 15.3. The monoisotopic (exact) mass is 337 g/mol. The molecule has 2 fully saturated rings. The van der Waals surface area contributed by atoms with Gasteiger partial charge in [0, 0.05) is 6.26 Å². The van der Waals surface area contributed by atoms with E-state index in [4.69, 9.17) is 17.7 Å². The molecule has 136 valence electrons. The molecule has 0 radical (unpaired) electrons. The van der Waals surface area contributed by atoms with Crippen molar-refractivity contribution in [3.63, 3.8) is 0 Å². The maximum Gasteiger partial charge on any atom is 0.0916 e. The molecule has 0 spiro atoms. The molecule has 0 heterocycles. The van der Waals surface area contributed by atoms with E-state index in [9.17, 15) is 0 Å². The van der Waals surface area contributed by atoms with Gasteiger partial charge in [0.2, 0.25) is 0 Å². The first kappa shape index (κ1) is 24.1. The molecule has 0 amide bonds. The topological polar surface area (TPSA) is 66.4 Å². The lowest BCUT2D eigenvalue weighted by molar-refractivity contribution is -0.0450. The second-order valence-corrected chi connectivity index (χ2v) is 6.77. The van der Waals surface area contributed by atoms with Gasteiger partial charge in [-0.2, -0.15) is 0 Å². The van der Waals surface area contributed by atoms with Gasteiger partial charge in [0.25, 0.3) is 0 Å². The van der Waals surface area contributed by atoms with E-state index in [0.29, 0.717) is 18.5 Å². The Morgan fingerprint density at radius 3 is 1.18 bits per heavy atom. The zero-order valence-corrected chi connectivity index (χ0v) is 16.1. The molecular weight excluding hydrogens is 300 g/mol. The Balaban J connectivity index is 0. The summed E-state index contributed by atoms with van der Waals surface area (Å²) >= 11 is 0. The van der Waals surface area contributed by atoms with Crippen LogP contribution >= 0.6 is 0 Å². The van der Waals surface area contributed by atoms with Crippen LogP contribution in [0.4, 0.5) is 0 Å². The van der Waals surface area contributed by atoms with E-state index < -0.39 is 10.1 Å². The normalized spacial score (nSPS) is 19.5. The standard InChI is InChI=1S/C12H22O.2C2H6.CH4O3S/c1-3-7-11(8-4-1)13-12-9-5-2-6-10-12;2*1-2;1-5(2,3)4/h11-12H,1-10H2;2*1-2H3;1H3,(H,2,3,4)/p-1. The molecule has 0 aromatic rings. The first-order valence-corrected chi connectivity index (χ1v) is 10.8. The summed E-state index contributed by atoms with van der Waals surface area (Å²) < 4.78 is 33.4. The van der Waals surface area contributed by atoms with Gasteiger partial charge in [-0.1, -0.05) is 66.2 Å². The minimum Gasteiger partial charge on any atom is -0.748 e. The van der Waals surface area contributed by atoms with Crippen LogP contribution < -0.4 is 0 Å². The third-order valence-corrected chi connectivity index (χ3v) is 3.49. The molecule has 22 heavy (non-hydrogen) atoms. The Kier molecular flexibility index (Phi) is 17.3. The van der Waals surface area contributed by atoms with Gasteiger partial charge in [-0.3, -0.25) is 0 Å². The van der Waals surface area contributed by atoms with Crippen LogP contribution in [-0.4, -0.2) is 31.4 Å². The zero-order chi connectivity index (χ0) is 17.4. The quantitative estimate of drug-likeness (QED) is 0.673. The Bertz CT molecular complexity index is 279. The van der Waals surface area contributed by atoms with Gasteiger partial charge in [0.05, 0.1) is 22.3 Å². The van der Waals surface area contributed by atoms with E-state index >= 15 is 0 Å². The fourth-order valence-corrected chi connectivity index (χ4v) is 2.67. The summed E-state index contributed by atoms with van der Waals surface area (Å²) in [5.41, 5.74) is 0. The summed E-state index contributed by atoms with van der Waals surface area (Å²) in [5.74, 6) is 0. The average molecular weight is 338 g/mol. The summed E-state index contributed by atoms with van der Waals surface area (Å²) in [6.45, 7) is 8.00.